The monoisotopic (exact) mass is 642 g/mol. The Balaban J connectivity index is 1.12. The van der Waals surface area contributed by atoms with Gasteiger partial charge in [0.05, 0.1) is 11.4 Å². The first-order valence-electron chi connectivity index (χ1n) is 17.6. The molecule has 50 heavy (non-hydrogen) atoms. The fourth-order valence-electron chi connectivity index (χ4n) is 7.74. The summed E-state index contributed by atoms with van der Waals surface area (Å²) in [5.74, 6) is 0. The van der Waals surface area contributed by atoms with Crippen molar-refractivity contribution < 1.29 is 0 Å². The van der Waals surface area contributed by atoms with Crippen molar-refractivity contribution in [2.45, 2.75) is 33.1 Å². The third-order valence-electron chi connectivity index (χ3n) is 10.5. The summed E-state index contributed by atoms with van der Waals surface area (Å²) in [6.07, 6.45) is 7.74. The molecule has 0 saturated carbocycles. The van der Waals surface area contributed by atoms with Gasteiger partial charge < -0.3 is 4.90 Å². The van der Waals surface area contributed by atoms with E-state index in [2.05, 4.69) is 176 Å². The van der Waals surface area contributed by atoms with Crippen LogP contribution in [0.5, 0.6) is 0 Å². The van der Waals surface area contributed by atoms with Crippen LogP contribution < -0.4 is 4.90 Å². The van der Waals surface area contributed by atoms with Crippen molar-refractivity contribution in [3.8, 4) is 11.1 Å². The number of fused-ring (bicyclic) bond motifs is 5. The van der Waals surface area contributed by atoms with E-state index in [0.29, 0.717) is 0 Å². The zero-order valence-corrected chi connectivity index (χ0v) is 28.5. The van der Waals surface area contributed by atoms with Crippen molar-refractivity contribution in [1.82, 2.24) is 0 Å². The van der Waals surface area contributed by atoms with E-state index < -0.39 is 0 Å². The predicted molar refractivity (Wildman–Crippen MR) is 214 cm³/mol. The molecule has 1 aliphatic heterocycles. The Morgan fingerprint density at radius 2 is 1.26 bits per heavy atom. The summed E-state index contributed by atoms with van der Waals surface area (Å²) in [4.78, 5) is 7.55. The third kappa shape index (κ3) is 5.34. The molecule has 1 aliphatic carbocycles. The fourth-order valence-corrected chi connectivity index (χ4v) is 7.74. The molecule has 0 fully saturated rings. The first kappa shape index (κ1) is 30.1. The Hall–Kier alpha value is -5.99. The van der Waals surface area contributed by atoms with E-state index in [1.165, 1.54) is 66.1 Å². The molecule has 0 N–H and O–H groups in total. The molecule has 2 heteroatoms. The Kier molecular flexibility index (Phi) is 7.51. The second-order valence-electron chi connectivity index (χ2n) is 13.6. The summed E-state index contributed by atoms with van der Waals surface area (Å²) in [5.41, 5.74) is 16.1. The molecule has 9 rings (SSSR count). The minimum Gasteiger partial charge on any atom is -0.310 e. The Bertz CT molecular complexity index is 2500. The summed E-state index contributed by atoms with van der Waals surface area (Å²) in [5, 5.41) is 4.90. The number of para-hydroxylation sites is 1. The van der Waals surface area contributed by atoms with Crippen LogP contribution in [0.4, 0.5) is 22.7 Å². The maximum atomic E-state index is 5.18. The molecule has 240 valence electrons. The van der Waals surface area contributed by atoms with E-state index >= 15 is 0 Å². The van der Waals surface area contributed by atoms with Crippen LogP contribution >= 0.6 is 0 Å². The second kappa shape index (κ2) is 12.5. The molecule has 0 radical (unpaired) electrons. The Labute approximate surface area is 294 Å². The normalized spacial score (nSPS) is 13.9. The molecule has 0 spiro atoms. The summed E-state index contributed by atoms with van der Waals surface area (Å²) in [7, 11) is 0. The molecule has 0 atom stereocenters. The maximum absolute atomic E-state index is 5.18. The lowest BCUT2D eigenvalue weighted by Crippen LogP contribution is -2.09. The van der Waals surface area contributed by atoms with Crippen molar-refractivity contribution in [2.24, 2.45) is 4.99 Å². The predicted octanol–water partition coefficient (Wildman–Crippen LogP) is 13.2. The van der Waals surface area contributed by atoms with Gasteiger partial charge in [0, 0.05) is 28.9 Å². The molecular formula is C48H38N2. The minimum absolute atomic E-state index is 0.865. The van der Waals surface area contributed by atoms with Crippen molar-refractivity contribution in [3.63, 3.8) is 0 Å². The van der Waals surface area contributed by atoms with Crippen molar-refractivity contribution in [1.29, 1.82) is 0 Å². The van der Waals surface area contributed by atoms with Crippen molar-refractivity contribution in [3.05, 3.63) is 186 Å². The smallest absolute Gasteiger partial charge is 0.0747 e. The summed E-state index contributed by atoms with van der Waals surface area (Å²) >= 11 is 0. The quantitative estimate of drug-likeness (QED) is 0.165. The van der Waals surface area contributed by atoms with E-state index in [4.69, 9.17) is 4.99 Å². The van der Waals surface area contributed by atoms with Gasteiger partial charge in [-0.25, -0.2) is 0 Å². The lowest BCUT2D eigenvalue weighted by atomic mass is 9.89. The molecule has 2 nitrogen and oxygen atoms in total. The number of benzene rings is 7. The van der Waals surface area contributed by atoms with Crippen LogP contribution in [0, 0.1) is 6.92 Å². The fraction of sp³-hybridized carbons (Fsp3) is 0.104. The molecule has 0 bridgehead atoms. The Morgan fingerprint density at radius 1 is 0.560 bits per heavy atom. The highest BCUT2D eigenvalue weighted by Crippen LogP contribution is 2.42. The highest BCUT2D eigenvalue weighted by molar-refractivity contribution is 6.16. The van der Waals surface area contributed by atoms with E-state index in [1.54, 1.807) is 0 Å². The molecule has 0 saturated heterocycles. The standard InChI is InChI=1S/C48H38N2/c1-32-11-9-10-16-42(32)45-29-37(18-17-33(45)2)34-19-24-40(25-20-34)50(39-14-7-4-8-15-39)41-26-21-35-22-28-44-43(46(35)31-41)27-23-38-30-47(49-48(38)44)36-12-5-3-6-13-36/h3-8,10,12-29,31H,9,11,30H2,1-2H3. The number of allylic oxidation sites excluding steroid dienone is 4. The molecule has 7 aromatic carbocycles. The highest BCUT2D eigenvalue weighted by atomic mass is 15.1. The van der Waals surface area contributed by atoms with E-state index in [0.717, 1.165) is 47.7 Å². The minimum atomic E-state index is 0.865. The van der Waals surface area contributed by atoms with E-state index in [9.17, 15) is 0 Å². The van der Waals surface area contributed by atoms with Gasteiger partial charge in [0.1, 0.15) is 0 Å². The number of hydrogen-bond donors (Lipinski definition) is 0. The Morgan fingerprint density at radius 3 is 2.06 bits per heavy atom. The number of aliphatic imine (C=N–C) groups is 1. The number of anilines is 3. The first-order valence-corrected chi connectivity index (χ1v) is 17.6. The largest absolute Gasteiger partial charge is 0.310 e. The molecular weight excluding hydrogens is 605 g/mol. The van der Waals surface area contributed by atoms with Crippen LogP contribution in [0.3, 0.4) is 0 Å². The average molecular weight is 643 g/mol. The van der Waals surface area contributed by atoms with Gasteiger partial charge in [-0.1, -0.05) is 121 Å². The van der Waals surface area contributed by atoms with Gasteiger partial charge in [0.15, 0.2) is 0 Å². The average Bonchev–Trinajstić information content (AvgIpc) is 3.62. The summed E-state index contributed by atoms with van der Waals surface area (Å²) in [6.45, 7) is 4.49. The van der Waals surface area contributed by atoms with Gasteiger partial charge in [-0.3, -0.25) is 4.99 Å². The van der Waals surface area contributed by atoms with E-state index in [1.807, 2.05) is 0 Å². The first-order chi connectivity index (χ1) is 24.6. The van der Waals surface area contributed by atoms with Crippen LogP contribution in [0.15, 0.2) is 168 Å². The molecule has 0 aromatic heterocycles. The number of hydrogen-bond acceptors (Lipinski definition) is 2. The van der Waals surface area contributed by atoms with Crippen molar-refractivity contribution in [2.75, 3.05) is 4.90 Å². The zero-order valence-electron chi connectivity index (χ0n) is 28.5. The molecule has 7 aromatic rings. The summed E-state index contributed by atoms with van der Waals surface area (Å²) < 4.78 is 0. The lowest BCUT2D eigenvalue weighted by molar-refractivity contribution is 0.967. The third-order valence-corrected chi connectivity index (χ3v) is 10.5. The summed E-state index contributed by atoms with van der Waals surface area (Å²) in [6, 6.07) is 53.1. The van der Waals surface area contributed by atoms with Gasteiger partial charge in [0.25, 0.3) is 0 Å². The van der Waals surface area contributed by atoms with E-state index in [-0.39, 0.29) is 0 Å². The topological polar surface area (TPSA) is 15.6 Å². The van der Waals surface area contributed by atoms with Crippen molar-refractivity contribution >= 4 is 55.6 Å². The molecule has 0 amide bonds. The SMILES string of the molecule is CC1=C(c2cc(-c3ccc(N(c4ccccc4)c4ccc5ccc6c7c(ccc6c5c4)CC(c4ccccc4)=N7)cc3)ccc2C)C=CCC1. The van der Waals surface area contributed by atoms with Gasteiger partial charge in [-0.05, 0) is 124 Å². The highest BCUT2D eigenvalue weighted by Gasteiger charge is 2.20. The van der Waals surface area contributed by atoms with Gasteiger partial charge >= 0.3 is 0 Å². The van der Waals surface area contributed by atoms with Gasteiger partial charge in [-0.2, -0.15) is 0 Å². The van der Waals surface area contributed by atoms with Crippen LogP contribution in [0.25, 0.3) is 38.2 Å². The van der Waals surface area contributed by atoms with Crippen LogP contribution in [-0.2, 0) is 6.42 Å². The van der Waals surface area contributed by atoms with Crippen LogP contribution in [0.2, 0.25) is 0 Å². The number of rotatable bonds is 6. The molecule has 0 unspecified atom stereocenters. The number of nitrogens with zero attached hydrogens (tertiary/aromatic N) is 2. The van der Waals surface area contributed by atoms with Crippen LogP contribution in [-0.4, -0.2) is 5.71 Å². The maximum Gasteiger partial charge on any atom is 0.0747 e. The molecule has 2 aliphatic rings. The lowest BCUT2D eigenvalue weighted by Gasteiger charge is -2.26. The number of aryl methyl sites for hydroxylation is 1. The second-order valence-corrected chi connectivity index (χ2v) is 13.6. The van der Waals surface area contributed by atoms with Gasteiger partial charge in [0.2, 0.25) is 0 Å². The molecule has 1 heterocycles. The van der Waals surface area contributed by atoms with Gasteiger partial charge in [-0.15, -0.1) is 0 Å². The zero-order chi connectivity index (χ0) is 33.6. The van der Waals surface area contributed by atoms with Crippen LogP contribution in [0.1, 0.15) is 42.0 Å².